The third-order valence-electron chi connectivity index (χ3n) is 6.21. The second kappa shape index (κ2) is 6.90. The zero-order valence-corrected chi connectivity index (χ0v) is 17.0. The number of para-hydroxylation sites is 2. The summed E-state index contributed by atoms with van der Waals surface area (Å²) >= 11 is 1.85. The Bertz CT molecular complexity index is 1150. The van der Waals surface area contributed by atoms with Crippen LogP contribution in [-0.2, 0) is 6.42 Å². The van der Waals surface area contributed by atoms with Crippen molar-refractivity contribution in [3.8, 4) is 0 Å². The number of nitrogens with one attached hydrogen (secondary N) is 1. The van der Waals surface area contributed by atoms with Gasteiger partial charge in [0.25, 0.3) is 0 Å². The lowest BCUT2D eigenvalue weighted by molar-refractivity contribution is 0.313. The maximum absolute atomic E-state index is 3.73. The first-order valence-corrected chi connectivity index (χ1v) is 11.2. The summed E-state index contributed by atoms with van der Waals surface area (Å²) in [4.78, 5) is 2.66. The maximum Gasteiger partial charge on any atom is 0.127 e. The molecule has 4 aromatic rings. The number of nitrogens with zero attached hydrogens (tertiary/aromatic N) is 2. The predicted octanol–water partition coefficient (Wildman–Crippen LogP) is 6.06. The highest BCUT2D eigenvalue weighted by atomic mass is 32.1. The number of thiophene rings is 1. The van der Waals surface area contributed by atoms with Crippen LogP contribution in [0.3, 0.4) is 0 Å². The van der Waals surface area contributed by atoms with Gasteiger partial charge in [0.05, 0.1) is 0 Å². The fraction of sp³-hybridized carbons (Fsp3) is 0.200. The fourth-order valence-electron chi connectivity index (χ4n) is 4.92. The van der Waals surface area contributed by atoms with Crippen LogP contribution in [0.4, 0.5) is 11.4 Å². The van der Waals surface area contributed by atoms with E-state index in [1.807, 2.05) is 11.3 Å². The van der Waals surface area contributed by atoms with Crippen molar-refractivity contribution in [2.75, 3.05) is 16.9 Å². The van der Waals surface area contributed by atoms with Crippen molar-refractivity contribution >= 4 is 32.8 Å². The van der Waals surface area contributed by atoms with E-state index in [-0.39, 0.29) is 6.17 Å². The number of rotatable bonds is 3. The Hall–Kier alpha value is -2.82. The second-order valence-corrected chi connectivity index (χ2v) is 8.83. The number of fused-ring (bicyclic) bond motifs is 4. The number of benzene rings is 3. The summed E-state index contributed by atoms with van der Waals surface area (Å²) in [6.45, 7) is 1.01. The molecule has 0 spiro atoms. The lowest BCUT2D eigenvalue weighted by Gasteiger charge is -2.38. The predicted molar refractivity (Wildman–Crippen MR) is 122 cm³/mol. The smallest absolute Gasteiger partial charge is 0.127 e. The van der Waals surface area contributed by atoms with E-state index in [9.17, 15) is 0 Å². The van der Waals surface area contributed by atoms with Crippen molar-refractivity contribution in [2.45, 2.75) is 25.0 Å². The molecule has 144 valence electrons. The highest BCUT2D eigenvalue weighted by Crippen LogP contribution is 2.46. The Labute approximate surface area is 175 Å². The SMILES string of the molecule is c1ccc(NN2CC3CCc4ccccc4N3C2c2csc3ccccc23)cc1. The number of hydrogen-bond donors (Lipinski definition) is 1. The molecule has 6 rings (SSSR count). The van der Waals surface area contributed by atoms with Gasteiger partial charge in [-0.25, -0.2) is 0 Å². The molecule has 4 heteroatoms. The summed E-state index contributed by atoms with van der Waals surface area (Å²) in [6, 6.07) is 28.8. The van der Waals surface area contributed by atoms with E-state index in [1.54, 1.807) is 0 Å². The van der Waals surface area contributed by atoms with Gasteiger partial charge in [-0.3, -0.25) is 0 Å². The van der Waals surface area contributed by atoms with E-state index in [0.29, 0.717) is 6.04 Å². The minimum atomic E-state index is 0.179. The summed E-state index contributed by atoms with van der Waals surface area (Å²) in [5.74, 6) is 0. The van der Waals surface area contributed by atoms with Crippen LogP contribution in [0, 0.1) is 0 Å². The van der Waals surface area contributed by atoms with Crippen LogP contribution in [0.15, 0.2) is 84.2 Å². The largest absolute Gasteiger partial charge is 0.346 e. The van der Waals surface area contributed by atoms with E-state index < -0.39 is 0 Å². The molecule has 1 saturated heterocycles. The summed E-state index contributed by atoms with van der Waals surface area (Å²) in [5, 5.41) is 6.16. The van der Waals surface area contributed by atoms with Gasteiger partial charge in [0, 0.05) is 34.2 Å². The van der Waals surface area contributed by atoms with Crippen LogP contribution in [0.2, 0.25) is 0 Å². The van der Waals surface area contributed by atoms with Crippen molar-refractivity contribution < 1.29 is 0 Å². The summed E-state index contributed by atoms with van der Waals surface area (Å²) in [7, 11) is 0. The van der Waals surface area contributed by atoms with Crippen LogP contribution in [0.25, 0.3) is 10.1 Å². The molecule has 0 bridgehead atoms. The molecule has 2 atom stereocenters. The Kier molecular flexibility index (Phi) is 4.06. The van der Waals surface area contributed by atoms with Crippen LogP contribution >= 0.6 is 11.3 Å². The van der Waals surface area contributed by atoms with Gasteiger partial charge in [-0.1, -0.05) is 54.6 Å². The highest BCUT2D eigenvalue weighted by Gasteiger charge is 2.44. The van der Waals surface area contributed by atoms with Gasteiger partial charge < -0.3 is 10.3 Å². The summed E-state index contributed by atoms with van der Waals surface area (Å²) < 4.78 is 1.36. The van der Waals surface area contributed by atoms with Crippen molar-refractivity contribution in [3.05, 3.63) is 95.4 Å². The molecule has 0 radical (unpaired) electrons. The number of anilines is 2. The molecule has 0 saturated carbocycles. The van der Waals surface area contributed by atoms with Crippen molar-refractivity contribution in [2.24, 2.45) is 0 Å². The molecular formula is C25H23N3S. The normalized spacial score (nSPS) is 21.2. The van der Waals surface area contributed by atoms with E-state index in [2.05, 4.69) is 99.6 Å². The molecule has 2 unspecified atom stereocenters. The first kappa shape index (κ1) is 17.1. The Morgan fingerprint density at radius 3 is 2.59 bits per heavy atom. The molecule has 1 N–H and O–H groups in total. The molecule has 0 aliphatic carbocycles. The molecule has 29 heavy (non-hydrogen) atoms. The fourth-order valence-corrected chi connectivity index (χ4v) is 5.89. The zero-order valence-electron chi connectivity index (χ0n) is 16.2. The third-order valence-corrected chi connectivity index (χ3v) is 7.19. The number of hydrazine groups is 1. The summed E-state index contributed by atoms with van der Waals surface area (Å²) in [6.07, 6.45) is 2.54. The maximum atomic E-state index is 3.73. The van der Waals surface area contributed by atoms with Crippen LogP contribution < -0.4 is 10.3 Å². The topological polar surface area (TPSA) is 18.5 Å². The van der Waals surface area contributed by atoms with Crippen LogP contribution in [0.5, 0.6) is 0 Å². The molecule has 0 amide bonds. The third kappa shape index (κ3) is 2.83. The van der Waals surface area contributed by atoms with Crippen LogP contribution in [0.1, 0.15) is 23.7 Å². The Morgan fingerprint density at radius 1 is 0.862 bits per heavy atom. The zero-order chi connectivity index (χ0) is 19.2. The lowest BCUT2D eigenvalue weighted by atomic mass is 9.96. The van der Waals surface area contributed by atoms with Gasteiger partial charge >= 0.3 is 0 Å². The van der Waals surface area contributed by atoms with E-state index in [0.717, 1.165) is 18.7 Å². The standard InChI is InChI=1S/C25H23N3S/c1-2-9-19(10-3-1)26-27-16-20-15-14-18-8-4-6-12-23(18)28(20)25(27)22-17-29-24-13-7-5-11-21(22)24/h1-13,17,20,25-26H,14-16H2. The van der Waals surface area contributed by atoms with Crippen molar-refractivity contribution in [3.63, 3.8) is 0 Å². The number of aryl methyl sites for hydroxylation is 1. The lowest BCUT2D eigenvalue weighted by Crippen LogP contribution is -2.38. The molecule has 3 aromatic carbocycles. The van der Waals surface area contributed by atoms with Gasteiger partial charge in [-0.05, 0) is 53.4 Å². The van der Waals surface area contributed by atoms with Gasteiger partial charge in [0.2, 0.25) is 0 Å². The Balaban J connectivity index is 1.49. The van der Waals surface area contributed by atoms with E-state index >= 15 is 0 Å². The first-order valence-electron chi connectivity index (χ1n) is 10.3. The van der Waals surface area contributed by atoms with E-state index in [1.165, 1.54) is 33.3 Å². The monoisotopic (exact) mass is 397 g/mol. The Morgan fingerprint density at radius 2 is 1.66 bits per heavy atom. The quantitative estimate of drug-likeness (QED) is 0.453. The molecule has 1 aromatic heterocycles. The average Bonchev–Trinajstić information content (AvgIpc) is 3.35. The molecule has 1 fully saturated rings. The molecule has 3 nitrogen and oxygen atoms in total. The average molecular weight is 398 g/mol. The first-order chi connectivity index (χ1) is 14.4. The molecular weight excluding hydrogens is 374 g/mol. The van der Waals surface area contributed by atoms with Gasteiger partial charge in [0.15, 0.2) is 0 Å². The molecule has 2 aliphatic heterocycles. The van der Waals surface area contributed by atoms with E-state index in [4.69, 9.17) is 0 Å². The van der Waals surface area contributed by atoms with Crippen molar-refractivity contribution in [1.29, 1.82) is 0 Å². The minimum Gasteiger partial charge on any atom is -0.346 e. The molecule has 3 heterocycles. The van der Waals surface area contributed by atoms with Gasteiger partial charge in [-0.2, -0.15) is 5.01 Å². The number of hydrogen-bond acceptors (Lipinski definition) is 4. The summed E-state index contributed by atoms with van der Waals surface area (Å²) in [5.41, 5.74) is 9.13. The van der Waals surface area contributed by atoms with Gasteiger partial charge in [0.1, 0.15) is 6.17 Å². The minimum absolute atomic E-state index is 0.179. The van der Waals surface area contributed by atoms with Crippen LogP contribution in [-0.4, -0.2) is 17.6 Å². The second-order valence-electron chi connectivity index (χ2n) is 7.92. The van der Waals surface area contributed by atoms with Crippen molar-refractivity contribution in [1.82, 2.24) is 5.01 Å². The molecule has 2 aliphatic rings. The van der Waals surface area contributed by atoms with Gasteiger partial charge in [-0.15, -0.1) is 11.3 Å². The highest BCUT2D eigenvalue weighted by molar-refractivity contribution is 7.17.